The molecule has 0 amide bonds. The summed E-state index contributed by atoms with van der Waals surface area (Å²) in [4.78, 5) is 0. The van der Waals surface area contributed by atoms with E-state index in [4.69, 9.17) is 9.47 Å². The van der Waals surface area contributed by atoms with E-state index in [0.717, 1.165) is 12.8 Å². The first kappa shape index (κ1) is 26.4. The van der Waals surface area contributed by atoms with Gasteiger partial charge in [0.2, 0.25) is 5.79 Å². The van der Waals surface area contributed by atoms with Crippen LogP contribution in [0.15, 0.2) is 12.5 Å². The van der Waals surface area contributed by atoms with Gasteiger partial charge in [-0.05, 0) is 12.8 Å². The Kier molecular flexibility index (Phi) is 17.6. The Labute approximate surface area is 183 Å². The third-order valence-corrected chi connectivity index (χ3v) is 6.44. The van der Waals surface area contributed by atoms with Crippen LogP contribution in [-0.2, 0) is 9.47 Å². The van der Waals surface area contributed by atoms with E-state index in [2.05, 4.69) is 13.8 Å². The highest BCUT2D eigenvalue weighted by molar-refractivity contribution is 4.83. The summed E-state index contributed by atoms with van der Waals surface area (Å²) in [5.41, 5.74) is 0. The van der Waals surface area contributed by atoms with Gasteiger partial charge in [-0.2, -0.15) is 0 Å². The van der Waals surface area contributed by atoms with Crippen molar-refractivity contribution in [3.63, 3.8) is 0 Å². The lowest BCUT2D eigenvalue weighted by atomic mass is 9.98. The second-order valence-electron chi connectivity index (χ2n) is 9.28. The largest absolute Gasteiger partial charge is 0.457 e. The van der Waals surface area contributed by atoms with Gasteiger partial charge in [0.1, 0.15) is 12.5 Å². The van der Waals surface area contributed by atoms with Gasteiger partial charge in [-0.3, -0.25) is 0 Å². The molecule has 0 saturated heterocycles. The van der Waals surface area contributed by atoms with Gasteiger partial charge >= 0.3 is 0 Å². The molecule has 1 heterocycles. The average Bonchev–Trinajstić information content (AvgIpc) is 3.20. The Bertz CT molecular complexity index is 330. The summed E-state index contributed by atoms with van der Waals surface area (Å²) in [5.74, 6) is -0.333. The molecule has 1 rings (SSSR count). The van der Waals surface area contributed by atoms with Crippen molar-refractivity contribution in [2.45, 2.75) is 161 Å². The monoisotopic (exact) mass is 408 g/mol. The summed E-state index contributed by atoms with van der Waals surface area (Å²) in [6.07, 6.45) is 33.2. The minimum absolute atomic E-state index is 0.333. The Hall–Kier alpha value is -0.660. The minimum Gasteiger partial charge on any atom is -0.457 e. The highest BCUT2D eigenvalue weighted by Gasteiger charge is 2.34. The van der Waals surface area contributed by atoms with E-state index in [9.17, 15) is 0 Å². The summed E-state index contributed by atoms with van der Waals surface area (Å²) in [6.45, 7) is 4.58. The number of hydrogen-bond donors (Lipinski definition) is 0. The predicted octanol–water partition coefficient (Wildman–Crippen LogP) is 9.82. The third-order valence-electron chi connectivity index (χ3n) is 6.44. The second kappa shape index (κ2) is 19.3. The minimum atomic E-state index is -0.333. The molecule has 0 aromatic heterocycles. The van der Waals surface area contributed by atoms with Crippen molar-refractivity contribution in [1.29, 1.82) is 0 Å². The Morgan fingerprint density at radius 3 is 1.00 bits per heavy atom. The molecule has 0 fully saturated rings. The fourth-order valence-electron chi connectivity index (χ4n) is 4.46. The molecular formula is C27H52O2. The molecule has 0 unspecified atom stereocenters. The number of rotatable bonds is 22. The van der Waals surface area contributed by atoms with Crippen molar-refractivity contribution in [2.24, 2.45) is 0 Å². The molecule has 2 nitrogen and oxygen atoms in total. The van der Waals surface area contributed by atoms with E-state index >= 15 is 0 Å². The molecule has 0 aromatic rings. The number of ether oxygens (including phenoxy) is 2. The highest BCUT2D eigenvalue weighted by Crippen LogP contribution is 2.32. The smallest absolute Gasteiger partial charge is 0.249 e. The molecule has 172 valence electrons. The first-order valence-electron chi connectivity index (χ1n) is 13.3. The van der Waals surface area contributed by atoms with Crippen molar-refractivity contribution in [3.05, 3.63) is 12.5 Å². The van der Waals surface area contributed by atoms with Crippen LogP contribution in [0, 0.1) is 0 Å². The molecule has 1 aliphatic rings. The number of hydrogen-bond acceptors (Lipinski definition) is 2. The first-order valence-corrected chi connectivity index (χ1v) is 13.3. The molecular weight excluding hydrogens is 356 g/mol. The molecule has 0 aliphatic carbocycles. The zero-order valence-electron chi connectivity index (χ0n) is 20.0. The predicted molar refractivity (Wildman–Crippen MR) is 127 cm³/mol. The van der Waals surface area contributed by atoms with Gasteiger partial charge in [-0.15, -0.1) is 0 Å². The van der Waals surface area contributed by atoms with E-state index in [1.165, 1.54) is 128 Å². The Morgan fingerprint density at radius 1 is 0.414 bits per heavy atom. The highest BCUT2D eigenvalue weighted by atomic mass is 16.7. The summed E-state index contributed by atoms with van der Waals surface area (Å²) < 4.78 is 11.8. The van der Waals surface area contributed by atoms with Gasteiger partial charge in [0.15, 0.2) is 0 Å². The van der Waals surface area contributed by atoms with Crippen LogP contribution >= 0.6 is 0 Å². The molecule has 0 saturated carbocycles. The van der Waals surface area contributed by atoms with Gasteiger partial charge in [0, 0.05) is 12.8 Å². The maximum absolute atomic E-state index is 5.90. The van der Waals surface area contributed by atoms with Gasteiger partial charge in [0.05, 0.1) is 0 Å². The summed E-state index contributed by atoms with van der Waals surface area (Å²) in [6, 6.07) is 0. The molecule has 2 heteroatoms. The van der Waals surface area contributed by atoms with Crippen molar-refractivity contribution in [2.75, 3.05) is 0 Å². The maximum Gasteiger partial charge on any atom is 0.249 e. The molecule has 0 aromatic carbocycles. The lowest BCUT2D eigenvalue weighted by molar-refractivity contribution is -0.153. The van der Waals surface area contributed by atoms with Gasteiger partial charge in [0.25, 0.3) is 0 Å². The lowest BCUT2D eigenvalue weighted by Crippen LogP contribution is -2.29. The van der Waals surface area contributed by atoms with Gasteiger partial charge in [-0.25, -0.2) is 0 Å². The molecule has 0 radical (unpaired) electrons. The molecule has 0 bridgehead atoms. The van der Waals surface area contributed by atoms with Crippen LogP contribution < -0.4 is 0 Å². The van der Waals surface area contributed by atoms with Gasteiger partial charge < -0.3 is 9.47 Å². The van der Waals surface area contributed by atoms with Crippen molar-refractivity contribution >= 4 is 0 Å². The van der Waals surface area contributed by atoms with Crippen molar-refractivity contribution in [3.8, 4) is 0 Å². The number of unbranched alkanes of at least 4 members (excludes halogenated alkanes) is 18. The third kappa shape index (κ3) is 14.9. The molecule has 0 spiro atoms. The Balaban J connectivity index is 1.96. The van der Waals surface area contributed by atoms with E-state index in [0.29, 0.717) is 0 Å². The van der Waals surface area contributed by atoms with Crippen LogP contribution in [0.3, 0.4) is 0 Å². The topological polar surface area (TPSA) is 18.5 Å². The lowest BCUT2D eigenvalue weighted by Gasteiger charge is -2.28. The fraction of sp³-hybridized carbons (Fsp3) is 0.926. The molecule has 29 heavy (non-hydrogen) atoms. The molecule has 1 aliphatic heterocycles. The second-order valence-corrected chi connectivity index (χ2v) is 9.28. The summed E-state index contributed by atoms with van der Waals surface area (Å²) in [5, 5.41) is 0. The first-order chi connectivity index (χ1) is 14.3. The van der Waals surface area contributed by atoms with Crippen molar-refractivity contribution in [1.82, 2.24) is 0 Å². The Morgan fingerprint density at radius 2 is 0.690 bits per heavy atom. The van der Waals surface area contributed by atoms with Crippen LogP contribution in [0.1, 0.15) is 155 Å². The zero-order chi connectivity index (χ0) is 20.9. The zero-order valence-corrected chi connectivity index (χ0v) is 20.0. The van der Waals surface area contributed by atoms with Crippen LogP contribution in [0.25, 0.3) is 0 Å². The van der Waals surface area contributed by atoms with E-state index in [1.807, 2.05) is 0 Å². The maximum atomic E-state index is 5.90. The van der Waals surface area contributed by atoms with E-state index in [-0.39, 0.29) is 5.79 Å². The van der Waals surface area contributed by atoms with E-state index < -0.39 is 0 Å². The van der Waals surface area contributed by atoms with Crippen molar-refractivity contribution < 1.29 is 9.47 Å². The fourth-order valence-corrected chi connectivity index (χ4v) is 4.46. The molecule has 0 N–H and O–H groups in total. The van der Waals surface area contributed by atoms with E-state index in [1.54, 1.807) is 12.5 Å². The van der Waals surface area contributed by atoms with Crippen LogP contribution in [-0.4, -0.2) is 5.79 Å². The molecule has 0 atom stereocenters. The SMILES string of the molecule is CCCCCCCCCCCCC1(CCCCCCCCCCCC)OC=CO1. The summed E-state index contributed by atoms with van der Waals surface area (Å²) >= 11 is 0. The van der Waals surface area contributed by atoms with Gasteiger partial charge in [-0.1, -0.05) is 129 Å². The summed E-state index contributed by atoms with van der Waals surface area (Å²) in [7, 11) is 0. The standard InChI is InChI=1S/C27H52O2/c1-3-5-7-9-11-13-15-17-19-21-23-27(28-25-26-29-27)24-22-20-18-16-14-12-10-8-6-4-2/h25-26H,3-24H2,1-2H3. The normalized spacial score (nSPS) is 14.8. The quantitative estimate of drug-likeness (QED) is 0.166. The van der Waals surface area contributed by atoms with Crippen LogP contribution in [0.4, 0.5) is 0 Å². The average molecular weight is 409 g/mol. The van der Waals surface area contributed by atoms with Crippen LogP contribution in [0.5, 0.6) is 0 Å². The van der Waals surface area contributed by atoms with Crippen LogP contribution in [0.2, 0.25) is 0 Å².